The van der Waals surface area contributed by atoms with Crippen LogP contribution in [0.4, 0.5) is 0 Å². The van der Waals surface area contributed by atoms with Gasteiger partial charge in [0, 0.05) is 35.4 Å². The highest BCUT2D eigenvalue weighted by molar-refractivity contribution is 5.98. The van der Waals surface area contributed by atoms with E-state index in [2.05, 4.69) is 74.5 Å². The Labute approximate surface area is 344 Å². The number of aryl methyl sites for hydroxylation is 2. The number of rotatable bonds is 13. The first-order valence-corrected chi connectivity index (χ1v) is 20.4. The lowest BCUT2D eigenvalue weighted by atomic mass is 9.77. The SMILES string of the molecule is CCc1cc2c(cc(C(=O)N(CC)CC)c(=O)n2Cc2ccc(-c3ccccc3)c(-c3nnn(C(c4ccccc4)(c4ccccc4)c4ccccc4)n3)c2)c(CC)n1. The monoisotopic (exact) mass is 777 g/mol. The van der Waals surface area contributed by atoms with Crippen LogP contribution in [0.2, 0.25) is 0 Å². The Morgan fingerprint density at radius 2 is 1.24 bits per heavy atom. The zero-order valence-corrected chi connectivity index (χ0v) is 33.9. The lowest BCUT2D eigenvalue weighted by Gasteiger charge is -2.34. The van der Waals surface area contributed by atoms with Gasteiger partial charge >= 0.3 is 0 Å². The zero-order chi connectivity index (χ0) is 40.9. The van der Waals surface area contributed by atoms with E-state index in [9.17, 15) is 9.59 Å². The largest absolute Gasteiger partial charge is 0.339 e. The Bertz CT molecular complexity index is 2680. The third-order valence-electron chi connectivity index (χ3n) is 11.2. The van der Waals surface area contributed by atoms with E-state index in [-0.39, 0.29) is 23.6 Å². The van der Waals surface area contributed by atoms with E-state index >= 15 is 0 Å². The number of hydrogen-bond donors (Lipinski definition) is 0. The number of pyridine rings is 2. The van der Waals surface area contributed by atoms with Crippen LogP contribution in [0.3, 0.4) is 0 Å². The Kier molecular flexibility index (Phi) is 11.1. The summed E-state index contributed by atoms with van der Waals surface area (Å²) in [6.07, 6.45) is 1.38. The Morgan fingerprint density at radius 1 is 0.661 bits per heavy atom. The summed E-state index contributed by atoms with van der Waals surface area (Å²) in [4.78, 5) is 36.8. The zero-order valence-electron chi connectivity index (χ0n) is 33.9. The maximum atomic E-state index is 14.6. The number of amides is 1. The summed E-state index contributed by atoms with van der Waals surface area (Å²) in [5.74, 6) is 0.156. The Morgan fingerprint density at radius 3 is 1.78 bits per heavy atom. The maximum absolute atomic E-state index is 14.6. The number of nitrogens with zero attached hydrogens (tertiary/aromatic N) is 7. The fourth-order valence-corrected chi connectivity index (χ4v) is 8.21. The van der Waals surface area contributed by atoms with Crippen LogP contribution < -0.4 is 5.56 Å². The Hall–Kier alpha value is -7.00. The number of benzene rings is 5. The maximum Gasteiger partial charge on any atom is 0.264 e. The minimum atomic E-state index is -0.953. The van der Waals surface area contributed by atoms with Crippen LogP contribution in [0.5, 0.6) is 0 Å². The number of hydrogen-bond acceptors (Lipinski definition) is 6. The number of aromatic nitrogens is 6. The van der Waals surface area contributed by atoms with E-state index in [0.29, 0.717) is 31.8 Å². The molecule has 0 radical (unpaired) electrons. The van der Waals surface area contributed by atoms with Gasteiger partial charge in [0.25, 0.3) is 11.5 Å². The molecule has 0 saturated heterocycles. The Balaban J connectivity index is 1.34. The fraction of sp³-hybridized carbons (Fsp3) is 0.200. The van der Waals surface area contributed by atoms with Crippen molar-refractivity contribution < 1.29 is 4.79 Å². The highest BCUT2D eigenvalue weighted by Crippen LogP contribution is 2.40. The molecular formula is C50H47N7O2. The van der Waals surface area contributed by atoms with Crippen molar-refractivity contribution in [1.82, 2.24) is 34.7 Å². The average Bonchev–Trinajstić information content (AvgIpc) is 3.79. The van der Waals surface area contributed by atoms with Crippen LogP contribution >= 0.6 is 0 Å². The molecule has 9 nitrogen and oxygen atoms in total. The number of carbonyl (C=O) groups is 1. The van der Waals surface area contributed by atoms with Crippen molar-refractivity contribution >= 4 is 16.8 Å². The summed E-state index contributed by atoms with van der Waals surface area (Å²) in [7, 11) is 0. The molecule has 1 amide bonds. The molecule has 3 heterocycles. The van der Waals surface area contributed by atoms with Gasteiger partial charge < -0.3 is 9.47 Å². The van der Waals surface area contributed by atoms with E-state index in [1.807, 2.05) is 98.8 Å². The van der Waals surface area contributed by atoms with Gasteiger partial charge in [-0.15, -0.1) is 15.0 Å². The molecule has 8 aromatic rings. The second-order valence-corrected chi connectivity index (χ2v) is 14.6. The first-order valence-electron chi connectivity index (χ1n) is 20.4. The van der Waals surface area contributed by atoms with Crippen LogP contribution in [-0.2, 0) is 24.9 Å². The van der Waals surface area contributed by atoms with Crippen molar-refractivity contribution in [2.45, 2.75) is 52.6 Å². The lowest BCUT2D eigenvalue weighted by Crippen LogP contribution is -2.39. The van der Waals surface area contributed by atoms with Gasteiger partial charge in [-0.3, -0.25) is 14.6 Å². The summed E-state index contributed by atoms with van der Waals surface area (Å²) in [6.45, 7) is 9.18. The van der Waals surface area contributed by atoms with Crippen molar-refractivity contribution in [3.8, 4) is 22.5 Å². The summed E-state index contributed by atoms with van der Waals surface area (Å²) in [6, 6.07) is 50.9. The van der Waals surface area contributed by atoms with Gasteiger partial charge in [-0.2, -0.15) is 0 Å². The molecule has 8 rings (SSSR count). The van der Waals surface area contributed by atoms with Gasteiger partial charge in [-0.1, -0.05) is 147 Å². The topological polar surface area (TPSA) is 98.8 Å². The van der Waals surface area contributed by atoms with E-state index in [4.69, 9.17) is 20.4 Å². The predicted octanol–water partition coefficient (Wildman–Crippen LogP) is 9.21. The van der Waals surface area contributed by atoms with Crippen LogP contribution in [0.15, 0.2) is 156 Å². The van der Waals surface area contributed by atoms with Gasteiger partial charge in [-0.05, 0) is 83.5 Å². The second kappa shape index (κ2) is 16.8. The van der Waals surface area contributed by atoms with Crippen molar-refractivity contribution in [3.05, 3.63) is 201 Å². The van der Waals surface area contributed by atoms with Crippen LogP contribution in [0, 0.1) is 0 Å². The van der Waals surface area contributed by atoms with E-state index in [1.165, 1.54) is 0 Å². The summed E-state index contributed by atoms with van der Waals surface area (Å²) < 4.78 is 1.74. The van der Waals surface area contributed by atoms with Gasteiger partial charge in [-0.25, -0.2) is 0 Å². The lowest BCUT2D eigenvalue weighted by molar-refractivity contribution is 0.0771. The quantitative estimate of drug-likeness (QED) is 0.108. The van der Waals surface area contributed by atoms with Gasteiger partial charge in [0.05, 0.1) is 12.1 Å². The van der Waals surface area contributed by atoms with Crippen molar-refractivity contribution in [1.29, 1.82) is 0 Å². The third-order valence-corrected chi connectivity index (χ3v) is 11.2. The number of tetrazole rings is 1. The highest BCUT2D eigenvalue weighted by Gasteiger charge is 2.41. The second-order valence-electron chi connectivity index (χ2n) is 14.6. The van der Waals surface area contributed by atoms with E-state index < -0.39 is 5.54 Å². The normalized spacial score (nSPS) is 11.5. The predicted molar refractivity (Wildman–Crippen MR) is 234 cm³/mol. The third kappa shape index (κ3) is 7.14. The molecule has 0 N–H and O–H groups in total. The molecule has 0 atom stereocenters. The van der Waals surface area contributed by atoms with Crippen molar-refractivity contribution in [2.24, 2.45) is 0 Å². The molecule has 0 aliphatic rings. The summed E-state index contributed by atoms with van der Waals surface area (Å²) in [5.41, 5.74) is 7.85. The van der Waals surface area contributed by atoms with Crippen molar-refractivity contribution in [2.75, 3.05) is 13.1 Å². The number of fused-ring (bicyclic) bond motifs is 1. The fourth-order valence-electron chi connectivity index (χ4n) is 8.21. The standard InChI is InChI=1S/C50H47N7O2/c1-5-40-32-46-43(45(6-2)51-40)33-44(48(58)55(7-3)8-4)49(59)56(46)34-35-29-30-41(36-21-13-9-14-22-36)42(31-35)47-52-54-57(53-47)50(37-23-15-10-16-24-37,38-25-17-11-18-26-38)39-27-19-12-20-28-39/h9-33H,5-8,34H2,1-4H3. The van der Waals surface area contributed by atoms with Crippen molar-refractivity contribution in [3.63, 3.8) is 0 Å². The molecule has 59 heavy (non-hydrogen) atoms. The molecule has 0 spiro atoms. The van der Waals surface area contributed by atoms with Gasteiger partial charge in [0.15, 0.2) is 5.54 Å². The summed E-state index contributed by atoms with van der Waals surface area (Å²) >= 11 is 0. The molecule has 0 unspecified atom stereocenters. The summed E-state index contributed by atoms with van der Waals surface area (Å²) in [5, 5.41) is 15.8. The molecule has 3 aromatic heterocycles. The van der Waals surface area contributed by atoms with Gasteiger partial charge in [0.1, 0.15) is 5.56 Å². The van der Waals surface area contributed by atoms with Crippen LogP contribution in [0.25, 0.3) is 33.4 Å². The first kappa shape index (κ1) is 38.9. The molecule has 9 heteroatoms. The molecule has 0 fully saturated rings. The van der Waals surface area contributed by atoms with Crippen LogP contribution in [-0.4, -0.2) is 53.7 Å². The van der Waals surface area contributed by atoms with Gasteiger partial charge in [0.2, 0.25) is 5.82 Å². The van der Waals surface area contributed by atoms with E-state index in [0.717, 1.165) is 61.2 Å². The molecule has 0 bridgehead atoms. The minimum absolute atomic E-state index is 0.145. The molecule has 0 aliphatic heterocycles. The minimum Gasteiger partial charge on any atom is -0.339 e. The van der Waals surface area contributed by atoms with E-state index in [1.54, 1.807) is 20.3 Å². The highest BCUT2D eigenvalue weighted by atomic mass is 16.2. The smallest absolute Gasteiger partial charge is 0.264 e. The number of carbonyl (C=O) groups excluding carboxylic acids is 1. The first-order chi connectivity index (χ1) is 28.9. The molecule has 5 aromatic carbocycles. The molecular weight excluding hydrogens is 731 g/mol. The average molecular weight is 778 g/mol. The molecule has 294 valence electrons. The molecule has 0 saturated carbocycles. The van der Waals surface area contributed by atoms with Crippen LogP contribution in [0.1, 0.15) is 71.7 Å². The molecule has 0 aliphatic carbocycles.